The van der Waals surface area contributed by atoms with Crippen LogP contribution in [0.2, 0.25) is 0 Å². The summed E-state index contributed by atoms with van der Waals surface area (Å²) in [5.74, 6) is 1.17. The Morgan fingerprint density at radius 3 is 2.62 bits per heavy atom. The average Bonchev–Trinajstić information content (AvgIpc) is 2.88. The lowest BCUT2D eigenvalue weighted by molar-refractivity contribution is -0.364. The highest BCUT2D eigenvalue weighted by atomic mass is 16.8. The molecule has 1 saturated carbocycles. The first-order chi connectivity index (χ1) is 10.0. The molecule has 2 heterocycles. The van der Waals surface area contributed by atoms with E-state index in [1.54, 1.807) is 7.11 Å². The molecule has 0 aromatic heterocycles. The zero-order chi connectivity index (χ0) is 15.2. The molecular formula is C16H26O5. The topological polar surface area (TPSA) is 54.0 Å². The minimum absolute atomic E-state index is 0.231. The van der Waals surface area contributed by atoms with Crippen LogP contribution in [0.15, 0.2) is 0 Å². The third-order valence-electron chi connectivity index (χ3n) is 5.76. The Bertz CT molecular complexity index is 411. The molecule has 3 aliphatic rings. The maximum Gasteiger partial charge on any atom is 0.305 e. The van der Waals surface area contributed by atoms with Crippen molar-refractivity contribution in [3.63, 3.8) is 0 Å². The number of ether oxygens (including phenoxy) is 4. The van der Waals surface area contributed by atoms with E-state index in [2.05, 4.69) is 13.8 Å². The fourth-order valence-corrected chi connectivity index (χ4v) is 4.85. The van der Waals surface area contributed by atoms with Crippen molar-refractivity contribution < 1.29 is 23.7 Å². The number of hydrogen-bond donors (Lipinski definition) is 0. The normalized spacial score (nSPS) is 49.3. The molecule has 3 fully saturated rings. The molecule has 5 nitrogen and oxygen atoms in total. The summed E-state index contributed by atoms with van der Waals surface area (Å²) < 4.78 is 23.2. The van der Waals surface area contributed by atoms with Crippen LogP contribution < -0.4 is 0 Å². The van der Waals surface area contributed by atoms with Gasteiger partial charge in [0.25, 0.3) is 0 Å². The third-order valence-corrected chi connectivity index (χ3v) is 5.76. The van der Waals surface area contributed by atoms with Gasteiger partial charge < -0.3 is 18.9 Å². The first-order valence-electron chi connectivity index (χ1n) is 8.00. The van der Waals surface area contributed by atoms with E-state index < -0.39 is 11.9 Å². The minimum atomic E-state index is -0.656. The Labute approximate surface area is 126 Å². The van der Waals surface area contributed by atoms with Crippen LogP contribution >= 0.6 is 0 Å². The number of rotatable bonds is 2. The summed E-state index contributed by atoms with van der Waals surface area (Å²) in [5.41, 5.74) is -0.488. The van der Waals surface area contributed by atoms with Gasteiger partial charge in [-0.15, -0.1) is 0 Å². The summed E-state index contributed by atoms with van der Waals surface area (Å²) in [5, 5.41) is 0. The van der Waals surface area contributed by atoms with Crippen molar-refractivity contribution in [1.29, 1.82) is 0 Å². The molecule has 120 valence electrons. The van der Waals surface area contributed by atoms with Crippen molar-refractivity contribution in [1.82, 2.24) is 0 Å². The van der Waals surface area contributed by atoms with Gasteiger partial charge in [-0.25, -0.2) is 0 Å². The smallest absolute Gasteiger partial charge is 0.305 e. The van der Waals surface area contributed by atoms with Crippen LogP contribution in [0.25, 0.3) is 0 Å². The Kier molecular flexibility index (Phi) is 4.01. The fourth-order valence-electron chi connectivity index (χ4n) is 4.85. The van der Waals surface area contributed by atoms with E-state index in [0.717, 1.165) is 19.4 Å². The summed E-state index contributed by atoms with van der Waals surface area (Å²) in [6, 6.07) is 0. The molecule has 0 N–H and O–H groups in total. The van der Waals surface area contributed by atoms with E-state index in [0.29, 0.717) is 17.8 Å². The van der Waals surface area contributed by atoms with Crippen LogP contribution in [0.5, 0.6) is 0 Å². The summed E-state index contributed by atoms with van der Waals surface area (Å²) in [6.07, 6.45) is 2.27. The van der Waals surface area contributed by atoms with Gasteiger partial charge in [0.1, 0.15) is 5.60 Å². The zero-order valence-corrected chi connectivity index (χ0v) is 13.3. The SMILES string of the molecule is COC1OC(OC(C)=O)C23OCCC2C(C)CCC3C1C. The lowest BCUT2D eigenvalue weighted by Gasteiger charge is -2.56. The van der Waals surface area contributed by atoms with Crippen LogP contribution in [-0.4, -0.2) is 37.9 Å². The molecule has 1 aliphatic carbocycles. The molecule has 0 aromatic rings. The molecule has 7 unspecified atom stereocenters. The predicted molar refractivity (Wildman–Crippen MR) is 75.3 cm³/mol. The highest BCUT2D eigenvalue weighted by Crippen LogP contribution is 2.57. The second-order valence-corrected chi connectivity index (χ2v) is 6.80. The first-order valence-corrected chi connectivity index (χ1v) is 8.00. The van der Waals surface area contributed by atoms with E-state index in [4.69, 9.17) is 18.9 Å². The van der Waals surface area contributed by atoms with Crippen molar-refractivity contribution in [2.75, 3.05) is 13.7 Å². The van der Waals surface area contributed by atoms with Crippen molar-refractivity contribution in [3.05, 3.63) is 0 Å². The number of methoxy groups -OCH3 is 1. The van der Waals surface area contributed by atoms with Gasteiger partial charge in [0, 0.05) is 32.5 Å². The van der Waals surface area contributed by atoms with Crippen LogP contribution in [0, 0.1) is 23.7 Å². The first kappa shape index (κ1) is 15.3. The average molecular weight is 298 g/mol. The van der Waals surface area contributed by atoms with E-state index in [1.807, 2.05) is 0 Å². The van der Waals surface area contributed by atoms with Crippen molar-refractivity contribution in [2.24, 2.45) is 23.7 Å². The molecule has 0 radical (unpaired) electrons. The molecule has 2 aliphatic heterocycles. The van der Waals surface area contributed by atoms with Gasteiger partial charge in [0.2, 0.25) is 6.29 Å². The van der Waals surface area contributed by atoms with Crippen LogP contribution in [0.3, 0.4) is 0 Å². The van der Waals surface area contributed by atoms with Crippen molar-refractivity contribution in [2.45, 2.75) is 58.2 Å². The van der Waals surface area contributed by atoms with Gasteiger partial charge in [-0.1, -0.05) is 13.8 Å². The van der Waals surface area contributed by atoms with Gasteiger partial charge in [-0.3, -0.25) is 4.79 Å². The van der Waals surface area contributed by atoms with Crippen molar-refractivity contribution >= 4 is 5.97 Å². The molecule has 0 bridgehead atoms. The molecule has 2 saturated heterocycles. The zero-order valence-electron chi connectivity index (χ0n) is 13.3. The molecule has 21 heavy (non-hydrogen) atoms. The number of carbonyl (C=O) groups is 1. The highest BCUT2D eigenvalue weighted by Gasteiger charge is 2.65. The summed E-state index contributed by atoms with van der Waals surface area (Å²) in [6.45, 7) is 6.57. The number of esters is 1. The lowest BCUT2D eigenvalue weighted by Crippen LogP contribution is -2.66. The fraction of sp³-hybridized carbons (Fsp3) is 0.938. The van der Waals surface area contributed by atoms with E-state index in [-0.39, 0.29) is 18.2 Å². The van der Waals surface area contributed by atoms with Gasteiger partial charge >= 0.3 is 5.97 Å². The van der Waals surface area contributed by atoms with E-state index in [1.165, 1.54) is 13.3 Å². The number of carbonyl (C=O) groups excluding carboxylic acids is 1. The number of hydrogen-bond acceptors (Lipinski definition) is 5. The van der Waals surface area contributed by atoms with Crippen LogP contribution in [0.1, 0.15) is 40.0 Å². The minimum Gasteiger partial charge on any atom is -0.433 e. The Balaban J connectivity index is 1.99. The van der Waals surface area contributed by atoms with Gasteiger partial charge in [0.15, 0.2) is 6.29 Å². The molecule has 5 heteroatoms. The van der Waals surface area contributed by atoms with E-state index >= 15 is 0 Å². The van der Waals surface area contributed by atoms with Crippen LogP contribution in [-0.2, 0) is 23.7 Å². The largest absolute Gasteiger partial charge is 0.433 e. The second-order valence-electron chi connectivity index (χ2n) is 6.80. The monoisotopic (exact) mass is 298 g/mol. The quantitative estimate of drug-likeness (QED) is 0.732. The molecule has 7 atom stereocenters. The highest BCUT2D eigenvalue weighted by molar-refractivity contribution is 5.66. The Hall–Kier alpha value is -0.650. The standard InChI is InChI=1S/C16H26O5/c1-9-5-6-13-10(2)14(18-4)21-15(20-11(3)17)16(13)12(9)7-8-19-16/h9-10,12-15H,5-8H2,1-4H3. The summed E-state index contributed by atoms with van der Waals surface area (Å²) in [7, 11) is 1.64. The molecule has 0 aromatic carbocycles. The summed E-state index contributed by atoms with van der Waals surface area (Å²) in [4.78, 5) is 11.5. The third kappa shape index (κ3) is 2.21. The Morgan fingerprint density at radius 2 is 1.95 bits per heavy atom. The molecule has 1 spiro atoms. The Morgan fingerprint density at radius 1 is 1.19 bits per heavy atom. The molecule has 3 rings (SSSR count). The maximum atomic E-state index is 11.5. The van der Waals surface area contributed by atoms with E-state index in [9.17, 15) is 4.79 Å². The van der Waals surface area contributed by atoms with Gasteiger partial charge in [0.05, 0.1) is 0 Å². The lowest BCUT2D eigenvalue weighted by atomic mass is 9.59. The predicted octanol–water partition coefficient (Wildman–Crippen LogP) is 2.34. The summed E-state index contributed by atoms with van der Waals surface area (Å²) >= 11 is 0. The molecular weight excluding hydrogens is 272 g/mol. The van der Waals surface area contributed by atoms with Crippen LogP contribution in [0.4, 0.5) is 0 Å². The second kappa shape index (κ2) is 5.52. The van der Waals surface area contributed by atoms with Gasteiger partial charge in [-0.2, -0.15) is 0 Å². The molecule has 0 amide bonds. The van der Waals surface area contributed by atoms with Crippen molar-refractivity contribution in [3.8, 4) is 0 Å². The van der Waals surface area contributed by atoms with Gasteiger partial charge in [-0.05, 0) is 31.1 Å². The maximum absolute atomic E-state index is 11.5.